The number of nitrogens with zero attached hydrogens (tertiary/aromatic N) is 3. The largest absolute Gasteiger partial charge is 0.370 e. The summed E-state index contributed by atoms with van der Waals surface area (Å²) in [4.78, 5) is 9.59. The van der Waals surface area contributed by atoms with Gasteiger partial charge in [0.15, 0.2) is 5.96 Å². The van der Waals surface area contributed by atoms with Gasteiger partial charge in [-0.15, -0.1) is 0 Å². The summed E-state index contributed by atoms with van der Waals surface area (Å²) in [5.41, 5.74) is 6.05. The first kappa shape index (κ1) is 21.2. The molecule has 1 aliphatic heterocycles. The summed E-state index contributed by atoms with van der Waals surface area (Å²) in [7, 11) is 2.20. The molecule has 0 saturated carbocycles. The second kappa shape index (κ2) is 12.5. The fourth-order valence-electron chi connectivity index (χ4n) is 3.27. The molecule has 0 aromatic rings. The van der Waals surface area contributed by atoms with Crippen molar-refractivity contribution < 1.29 is 0 Å². The Morgan fingerprint density at radius 3 is 2.29 bits per heavy atom. The first-order valence-electron chi connectivity index (χ1n) is 10.0. The SMILES string of the molecule is CCCCCCCCNC(N)=NCC(C(C)C)N1CCN(C)CC1. The van der Waals surface area contributed by atoms with Crippen molar-refractivity contribution in [3.8, 4) is 0 Å². The molecule has 5 heteroatoms. The van der Waals surface area contributed by atoms with Crippen molar-refractivity contribution in [1.29, 1.82) is 0 Å². The summed E-state index contributed by atoms with van der Waals surface area (Å²) in [6, 6.07) is 0.494. The van der Waals surface area contributed by atoms with Gasteiger partial charge in [0, 0.05) is 38.8 Å². The lowest BCUT2D eigenvalue weighted by Crippen LogP contribution is -2.52. The molecule has 0 amide bonds. The van der Waals surface area contributed by atoms with Crippen LogP contribution in [0.15, 0.2) is 4.99 Å². The van der Waals surface area contributed by atoms with Crippen LogP contribution >= 0.6 is 0 Å². The number of nitrogens with two attached hydrogens (primary N) is 1. The third kappa shape index (κ3) is 8.88. The van der Waals surface area contributed by atoms with E-state index in [2.05, 4.69) is 47.9 Å². The number of nitrogens with one attached hydrogen (secondary N) is 1. The van der Waals surface area contributed by atoms with Gasteiger partial charge in [0.05, 0.1) is 6.54 Å². The van der Waals surface area contributed by atoms with Gasteiger partial charge >= 0.3 is 0 Å². The average Bonchev–Trinajstić information content (AvgIpc) is 2.55. The van der Waals surface area contributed by atoms with Gasteiger partial charge < -0.3 is 16.0 Å². The molecule has 0 spiro atoms. The summed E-state index contributed by atoms with van der Waals surface area (Å²) < 4.78 is 0. The van der Waals surface area contributed by atoms with Crippen molar-refractivity contribution in [2.45, 2.75) is 65.3 Å². The lowest BCUT2D eigenvalue weighted by Gasteiger charge is -2.39. The Labute approximate surface area is 150 Å². The van der Waals surface area contributed by atoms with E-state index in [9.17, 15) is 0 Å². The number of hydrogen-bond acceptors (Lipinski definition) is 3. The molecule has 1 aliphatic rings. The van der Waals surface area contributed by atoms with Crippen molar-refractivity contribution in [2.75, 3.05) is 46.3 Å². The lowest BCUT2D eigenvalue weighted by atomic mass is 10.0. The van der Waals surface area contributed by atoms with Crippen LogP contribution < -0.4 is 11.1 Å². The molecule has 0 aromatic carbocycles. The normalized spacial score (nSPS) is 19.0. The van der Waals surface area contributed by atoms with Crippen LogP contribution in [0.1, 0.15) is 59.3 Å². The molecule has 0 aliphatic carbocycles. The fraction of sp³-hybridized carbons (Fsp3) is 0.947. The first-order valence-corrected chi connectivity index (χ1v) is 10.0. The Kier molecular flexibility index (Phi) is 11.1. The number of rotatable bonds is 11. The number of aliphatic imine (C=N–C) groups is 1. The van der Waals surface area contributed by atoms with E-state index >= 15 is 0 Å². The summed E-state index contributed by atoms with van der Waals surface area (Å²) in [6.07, 6.45) is 7.84. The van der Waals surface area contributed by atoms with Gasteiger partial charge in [-0.05, 0) is 19.4 Å². The maximum absolute atomic E-state index is 6.05. The Morgan fingerprint density at radius 1 is 1.04 bits per heavy atom. The van der Waals surface area contributed by atoms with Crippen LogP contribution in [-0.2, 0) is 0 Å². The smallest absolute Gasteiger partial charge is 0.188 e. The van der Waals surface area contributed by atoms with E-state index in [4.69, 9.17) is 5.73 Å². The lowest BCUT2D eigenvalue weighted by molar-refractivity contribution is 0.0925. The van der Waals surface area contributed by atoms with E-state index in [-0.39, 0.29) is 0 Å². The topological polar surface area (TPSA) is 56.9 Å². The van der Waals surface area contributed by atoms with E-state index < -0.39 is 0 Å². The predicted molar refractivity (Wildman–Crippen MR) is 106 cm³/mol. The molecule has 1 heterocycles. The van der Waals surface area contributed by atoms with Crippen molar-refractivity contribution in [3.63, 3.8) is 0 Å². The number of piperazine rings is 1. The maximum atomic E-state index is 6.05. The first-order chi connectivity index (χ1) is 11.5. The Bertz CT molecular complexity index is 335. The molecule has 24 heavy (non-hydrogen) atoms. The van der Waals surface area contributed by atoms with Crippen LogP contribution in [0, 0.1) is 5.92 Å². The number of hydrogen-bond donors (Lipinski definition) is 2. The minimum absolute atomic E-state index is 0.494. The molecule has 0 bridgehead atoms. The highest BCUT2D eigenvalue weighted by molar-refractivity contribution is 5.77. The number of guanidine groups is 1. The standard InChI is InChI=1S/C19H41N5/c1-5-6-7-8-9-10-11-21-19(20)22-16-18(17(2)3)24-14-12-23(4)13-15-24/h17-18H,5-16H2,1-4H3,(H3,20,21,22). The molecule has 5 nitrogen and oxygen atoms in total. The molecule has 1 atom stereocenters. The molecular formula is C19H41N5. The Balaban J connectivity index is 2.25. The number of likely N-dealkylation sites (N-methyl/N-ethyl adjacent to an activating group) is 1. The van der Waals surface area contributed by atoms with E-state index in [0.29, 0.717) is 17.9 Å². The highest BCUT2D eigenvalue weighted by atomic mass is 15.3. The quantitative estimate of drug-likeness (QED) is 0.345. The van der Waals surface area contributed by atoms with Gasteiger partial charge in [0.2, 0.25) is 0 Å². The maximum Gasteiger partial charge on any atom is 0.188 e. The summed E-state index contributed by atoms with van der Waals surface area (Å²) in [5.74, 6) is 1.21. The molecule has 1 unspecified atom stereocenters. The van der Waals surface area contributed by atoms with Crippen LogP contribution in [0.25, 0.3) is 0 Å². The van der Waals surface area contributed by atoms with Crippen molar-refractivity contribution in [2.24, 2.45) is 16.6 Å². The molecule has 142 valence electrons. The van der Waals surface area contributed by atoms with E-state index in [1.54, 1.807) is 0 Å². The minimum atomic E-state index is 0.494. The van der Waals surface area contributed by atoms with Crippen LogP contribution in [0.5, 0.6) is 0 Å². The molecular weight excluding hydrogens is 298 g/mol. The molecule has 1 fully saturated rings. The van der Waals surface area contributed by atoms with Crippen LogP contribution in [0.3, 0.4) is 0 Å². The molecule has 3 N–H and O–H groups in total. The van der Waals surface area contributed by atoms with E-state index in [0.717, 1.165) is 39.3 Å². The monoisotopic (exact) mass is 339 g/mol. The summed E-state index contributed by atoms with van der Waals surface area (Å²) in [5, 5.41) is 3.28. The van der Waals surface area contributed by atoms with Crippen molar-refractivity contribution >= 4 is 5.96 Å². The molecule has 1 saturated heterocycles. The van der Waals surface area contributed by atoms with Gasteiger partial charge in [-0.1, -0.05) is 52.9 Å². The highest BCUT2D eigenvalue weighted by Gasteiger charge is 2.24. The summed E-state index contributed by atoms with van der Waals surface area (Å²) in [6.45, 7) is 13.2. The third-order valence-electron chi connectivity index (χ3n) is 5.06. The second-order valence-corrected chi connectivity index (χ2v) is 7.57. The van der Waals surface area contributed by atoms with Crippen LogP contribution in [0.4, 0.5) is 0 Å². The highest BCUT2D eigenvalue weighted by Crippen LogP contribution is 2.13. The predicted octanol–water partition coefficient (Wildman–Crippen LogP) is 2.52. The summed E-state index contributed by atoms with van der Waals surface area (Å²) >= 11 is 0. The Morgan fingerprint density at radius 2 is 1.67 bits per heavy atom. The average molecular weight is 340 g/mol. The zero-order valence-corrected chi connectivity index (χ0v) is 16.6. The van der Waals surface area contributed by atoms with Crippen LogP contribution in [0.2, 0.25) is 0 Å². The molecule has 1 rings (SSSR count). The van der Waals surface area contributed by atoms with E-state index in [1.807, 2.05) is 0 Å². The van der Waals surface area contributed by atoms with E-state index in [1.165, 1.54) is 38.5 Å². The van der Waals surface area contributed by atoms with Gasteiger partial charge in [-0.3, -0.25) is 9.89 Å². The van der Waals surface area contributed by atoms with Gasteiger partial charge in [-0.25, -0.2) is 0 Å². The van der Waals surface area contributed by atoms with Gasteiger partial charge in [-0.2, -0.15) is 0 Å². The number of unbranched alkanes of at least 4 members (excludes halogenated alkanes) is 5. The molecule has 0 radical (unpaired) electrons. The second-order valence-electron chi connectivity index (χ2n) is 7.57. The Hall–Kier alpha value is -0.810. The fourth-order valence-corrected chi connectivity index (χ4v) is 3.27. The zero-order chi connectivity index (χ0) is 17.8. The van der Waals surface area contributed by atoms with Crippen LogP contribution in [-0.4, -0.2) is 68.1 Å². The van der Waals surface area contributed by atoms with Crippen molar-refractivity contribution in [1.82, 2.24) is 15.1 Å². The van der Waals surface area contributed by atoms with Crippen molar-refractivity contribution in [3.05, 3.63) is 0 Å². The van der Waals surface area contributed by atoms with Gasteiger partial charge in [0.1, 0.15) is 0 Å². The van der Waals surface area contributed by atoms with Gasteiger partial charge in [0.25, 0.3) is 0 Å². The minimum Gasteiger partial charge on any atom is -0.370 e. The molecule has 0 aromatic heterocycles. The zero-order valence-electron chi connectivity index (χ0n) is 16.6. The third-order valence-corrected chi connectivity index (χ3v) is 5.06.